The average molecular weight is 229 g/mol. The molecular weight excluding hydrogens is 214 g/mol. The standard InChI is InChI=1S/C14H15NO2/c1-2-15-14(16)10-11-6-3-4-7-12(11)13-8-5-9-17-13/h3-9H,2,10H2,1H3,(H,15,16). The molecule has 1 aromatic carbocycles. The zero-order valence-electron chi connectivity index (χ0n) is 9.77. The molecular formula is C14H15NO2. The van der Waals surface area contributed by atoms with Gasteiger partial charge >= 0.3 is 0 Å². The Morgan fingerprint density at radius 2 is 2.06 bits per heavy atom. The van der Waals surface area contributed by atoms with Crippen LogP contribution < -0.4 is 5.32 Å². The van der Waals surface area contributed by atoms with E-state index < -0.39 is 0 Å². The molecule has 0 saturated carbocycles. The third-order valence-electron chi connectivity index (χ3n) is 2.53. The average Bonchev–Trinajstić information content (AvgIpc) is 2.83. The first kappa shape index (κ1) is 11.5. The molecule has 0 atom stereocenters. The number of carbonyl (C=O) groups excluding carboxylic acids is 1. The fraction of sp³-hybridized carbons (Fsp3) is 0.214. The summed E-state index contributed by atoms with van der Waals surface area (Å²) in [5.41, 5.74) is 1.96. The Hall–Kier alpha value is -2.03. The molecule has 0 aliphatic carbocycles. The molecule has 0 saturated heterocycles. The van der Waals surface area contributed by atoms with E-state index in [1.165, 1.54) is 0 Å². The lowest BCUT2D eigenvalue weighted by atomic mass is 10.0. The van der Waals surface area contributed by atoms with Crippen LogP contribution >= 0.6 is 0 Å². The lowest BCUT2D eigenvalue weighted by molar-refractivity contribution is -0.120. The van der Waals surface area contributed by atoms with Gasteiger partial charge in [0, 0.05) is 12.1 Å². The van der Waals surface area contributed by atoms with E-state index in [0.717, 1.165) is 16.9 Å². The summed E-state index contributed by atoms with van der Waals surface area (Å²) >= 11 is 0. The number of hydrogen-bond donors (Lipinski definition) is 1. The Morgan fingerprint density at radius 3 is 2.76 bits per heavy atom. The van der Waals surface area contributed by atoms with Crippen LogP contribution in [-0.4, -0.2) is 12.5 Å². The second kappa shape index (κ2) is 5.34. The van der Waals surface area contributed by atoms with Crippen molar-refractivity contribution < 1.29 is 9.21 Å². The smallest absolute Gasteiger partial charge is 0.224 e. The van der Waals surface area contributed by atoms with Gasteiger partial charge in [-0.2, -0.15) is 0 Å². The van der Waals surface area contributed by atoms with Gasteiger partial charge in [0.25, 0.3) is 0 Å². The summed E-state index contributed by atoms with van der Waals surface area (Å²) in [5, 5.41) is 2.80. The lowest BCUT2D eigenvalue weighted by Gasteiger charge is -2.07. The van der Waals surface area contributed by atoms with Gasteiger partial charge in [0.05, 0.1) is 12.7 Å². The zero-order valence-corrected chi connectivity index (χ0v) is 9.77. The normalized spacial score (nSPS) is 10.2. The second-order valence-electron chi connectivity index (χ2n) is 3.76. The summed E-state index contributed by atoms with van der Waals surface area (Å²) < 4.78 is 5.37. The van der Waals surface area contributed by atoms with Crippen LogP contribution in [0.2, 0.25) is 0 Å². The minimum Gasteiger partial charge on any atom is -0.464 e. The fourth-order valence-corrected chi connectivity index (χ4v) is 1.78. The molecule has 1 aromatic heterocycles. The van der Waals surface area contributed by atoms with Crippen molar-refractivity contribution in [3.63, 3.8) is 0 Å². The van der Waals surface area contributed by atoms with Gasteiger partial charge in [0.1, 0.15) is 5.76 Å². The molecule has 0 radical (unpaired) electrons. The van der Waals surface area contributed by atoms with E-state index >= 15 is 0 Å². The zero-order chi connectivity index (χ0) is 12.1. The molecule has 3 nitrogen and oxygen atoms in total. The number of rotatable bonds is 4. The van der Waals surface area contributed by atoms with Crippen molar-refractivity contribution >= 4 is 5.91 Å². The van der Waals surface area contributed by atoms with Crippen molar-refractivity contribution in [2.45, 2.75) is 13.3 Å². The summed E-state index contributed by atoms with van der Waals surface area (Å²) in [7, 11) is 0. The first-order valence-electron chi connectivity index (χ1n) is 5.69. The molecule has 1 N–H and O–H groups in total. The molecule has 1 heterocycles. The maximum atomic E-state index is 11.6. The van der Waals surface area contributed by atoms with Crippen LogP contribution in [0, 0.1) is 0 Å². The molecule has 0 unspecified atom stereocenters. The highest BCUT2D eigenvalue weighted by atomic mass is 16.3. The van der Waals surface area contributed by atoms with Gasteiger partial charge in [-0.1, -0.05) is 24.3 Å². The van der Waals surface area contributed by atoms with Crippen molar-refractivity contribution in [2.75, 3.05) is 6.54 Å². The van der Waals surface area contributed by atoms with Crippen molar-refractivity contribution in [3.8, 4) is 11.3 Å². The van der Waals surface area contributed by atoms with Crippen LogP contribution in [0.5, 0.6) is 0 Å². The number of furan rings is 1. The van der Waals surface area contributed by atoms with Gasteiger partial charge in [-0.25, -0.2) is 0 Å². The van der Waals surface area contributed by atoms with Crippen molar-refractivity contribution in [1.82, 2.24) is 5.32 Å². The van der Waals surface area contributed by atoms with Crippen LogP contribution in [0.25, 0.3) is 11.3 Å². The molecule has 2 rings (SSSR count). The Bertz CT molecular complexity index is 489. The first-order valence-corrected chi connectivity index (χ1v) is 5.69. The highest BCUT2D eigenvalue weighted by Gasteiger charge is 2.09. The molecule has 3 heteroatoms. The molecule has 17 heavy (non-hydrogen) atoms. The molecule has 2 aromatic rings. The topological polar surface area (TPSA) is 42.2 Å². The highest BCUT2D eigenvalue weighted by molar-refractivity contribution is 5.81. The summed E-state index contributed by atoms with van der Waals surface area (Å²) in [6.07, 6.45) is 2.02. The Kier molecular flexibility index (Phi) is 3.60. The van der Waals surface area contributed by atoms with E-state index in [1.54, 1.807) is 6.26 Å². The summed E-state index contributed by atoms with van der Waals surface area (Å²) in [4.78, 5) is 11.6. The minimum absolute atomic E-state index is 0.0338. The van der Waals surface area contributed by atoms with E-state index in [2.05, 4.69) is 5.32 Å². The van der Waals surface area contributed by atoms with Crippen LogP contribution in [0.1, 0.15) is 12.5 Å². The van der Waals surface area contributed by atoms with Crippen LogP contribution in [0.15, 0.2) is 47.1 Å². The molecule has 0 bridgehead atoms. The van der Waals surface area contributed by atoms with E-state index in [9.17, 15) is 4.79 Å². The van der Waals surface area contributed by atoms with Gasteiger partial charge in [0.15, 0.2) is 0 Å². The predicted molar refractivity (Wildman–Crippen MR) is 66.5 cm³/mol. The maximum Gasteiger partial charge on any atom is 0.224 e. The molecule has 0 spiro atoms. The fourth-order valence-electron chi connectivity index (χ4n) is 1.78. The summed E-state index contributed by atoms with van der Waals surface area (Å²) in [6, 6.07) is 11.5. The summed E-state index contributed by atoms with van der Waals surface area (Å²) in [6.45, 7) is 2.57. The van der Waals surface area contributed by atoms with E-state index in [0.29, 0.717) is 13.0 Å². The van der Waals surface area contributed by atoms with Crippen molar-refractivity contribution in [3.05, 3.63) is 48.2 Å². The molecule has 1 amide bonds. The van der Waals surface area contributed by atoms with Gasteiger partial charge in [-0.15, -0.1) is 0 Å². The number of hydrogen-bond acceptors (Lipinski definition) is 2. The van der Waals surface area contributed by atoms with Gasteiger partial charge in [0.2, 0.25) is 5.91 Å². The highest BCUT2D eigenvalue weighted by Crippen LogP contribution is 2.24. The van der Waals surface area contributed by atoms with Gasteiger partial charge in [-0.05, 0) is 24.6 Å². The van der Waals surface area contributed by atoms with E-state index in [4.69, 9.17) is 4.42 Å². The molecule has 0 aliphatic rings. The third-order valence-corrected chi connectivity index (χ3v) is 2.53. The Morgan fingerprint density at radius 1 is 1.24 bits per heavy atom. The van der Waals surface area contributed by atoms with Gasteiger partial charge < -0.3 is 9.73 Å². The Labute approximate surface area is 100 Å². The van der Waals surface area contributed by atoms with Crippen molar-refractivity contribution in [1.29, 1.82) is 0 Å². The SMILES string of the molecule is CCNC(=O)Cc1ccccc1-c1ccco1. The number of amides is 1. The predicted octanol–water partition coefficient (Wildman–Crippen LogP) is 2.63. The number of likely N-dealkylation sites (N-methyl/N-ethyl adjacent to an activating group) is 1. The van der Waals surface area contributed by atoms with Crippen LogP contribution in [0.3, 0.4) is 0 Å². The minimum atomic E-state index is 0.0338. The number of carbonyl (C=O) groups is 1. The van der Waals surface area contributed by atoms with Crippen LogP contribution in [-0.2, 0) is 11.2 Å². The maximum absolute atomic E-state index is 11.6. The summed E-state index contributed by atoms with van der Waals surface area (Å²) in [5.74, 6) is 0.830. The third kappa shape index (κ3) is 2.75. The second-order valence-corrected chi connectivity index (χ2v) is 3.76. The quantitative estimate of drug-likeness (QED) is 0.875. The largest absolute Gasteiger partial charge is 0.464 e. The number of benzene rings is 1. The number of nitrogens with one attached hydrogen (secondary N) is 1. The van der Waals surface area contributed by atoms with Gasteiger partial charge in [-0.3, -0.25) is 4.79 Å². The van der Waals surface area contributed by atoms with E-state index in [-0.39, 0.29) is 5.91 Å². The lowest BCUT2D eigenvalue weighted by Crippen LogP contribution is -2.24. The van der Waals surface area contributed by atoms with Crippen LogP contribution in [0.4, 0.5) is 0 Å². The first-order chi connectivity index (χ1) is 8.31. The van der Waals surface area contributed by atoms with Crippen molar-refractivity contribution in [2.24, 2.45) is 0 Å². The monoisotopic (exact) mass is 229 g/mol. The Balaban J connectivity index is 2.25. The molecule has 0 fully saturated rings. The van der Waals surface area contributed by atoms with E-state index in [1.807, 2.05) is 43.3 Å². The molecule has 0 aliphatic heterocycles. The molecule has 88 valence electrons.